The highest BCUT2D eigenvalue weighted by Crippen LogP contribution is 2.21. The summed E-state index contributed by atoms with van der Waals surface area (Å²) in [4.78, 5) is 6.27. The van der Waals surface area contributed by atoms with Crippen molar-refractivity contribution in [3.05, 3.63) is 24.5 Å². The quantitative estimate of drug-likeness (QED) is 0.670. The van der Waals surface area contributed by atoms with E-state index >= 15 is 0 Å². The van der Waals surface area contributed by atoms with E-state index in [1.165, 1.54) is 6.42 Å². The molecule has 0 spiro atoms. The lowest BCUT2D eigenvalue weighted by molar-refractivity contribution is 0.700. The minimum Gasteiger partial charge on any atom is -0.355 e. The fourth-order valence-electron chi connectivity index (χ4n) is 1.64. The summed E-state index contributed by atoms with van der Waals surface area (Å²) in [5, 5.41) is 0. The van der Waals surface area contributed by atoms with Crippen LogP contribution in [0.15, 0.2) is 24.5 Å². The van der Waals surface area contributed by atoms with E-state index in [1.807, 2.05) is 12.3 Å². The van der Waals surface area contributed by atoms with Crippen LogP contribution in [0, 0.1) is 0 Å². The smallest absolute Gasteiger partial charge is 0.0772 e. The molecule has 0 aliphatic carbocycles. The summed E-state index contributed by atoms with van der Waals surface area (Å²) >= 11 is 0. The molecule has 3 heteroatoms. The maximum Gasteiger partial charge on any atom is 0.0772 e. The first-order chi connectivity index (χ1) is 5.88. The molecule has 3 nitrogen and oxygen atoms in total. The van der Waals surface area contributed by atoms with Gasteiger partial charge in [-0.15, -0.1) is 0 Å². The van der Waals surface area contributed by atoms with Gasteiger partial charge in [-0.2, -0.15) is 0 Å². The Morgan fingerprint density at radius 2 is 2.50 bits per heavy atom. The first-order valence-corrected chi connectivity index (χ1v) is 4.30. The van der Waals surface area contributed by atoms with Gasteiger partial charge in [-0.25, -0.2) is 0 Å². The van der Waals surface area contributed by atoms with E-state index in [0.29, 0.717) is 0 Å². The summed E-state index contributed by atoms with van der Waals surface area (Å²) in [5.41, 5.74) is 7.05. The molecule has 1 atom stereocenters. The Kier molecular flexibility index (Phi) is 1.96. The molecule has 1 aliphatic heterocycles. The molecule has 0 bridgehead atoms. The summed E-state index contributed by atoms with van der Waals surface area (Å²) in [6.45, 7) is 1.06. The summed E-state index contributed by atoms with van der Waals surface area (Å²) in [5.74, 6) is 0. The van der Waals surface area contributed by atoms with Crippen molar-refractivity contribution in [1.82, 2.24) is 4.98 Å². The van der Waals surface area contributed by atoms with Gasteiger partial charge in [0.15, 0.2) is 0 Å². The standard InChI is InChI=1S/C9H13N3/c10-9-4-2-6-12(9)8-3-1-5-11-7-8/h1,3,5,7,9H,2,4,6,10H2. The third-order valence-electron chi connectivity index (χ3n) is 2.28. The normalized spacial score (nSPS) is 23.1. The minimum atomic E-state index is 0.189. The van der Waals surface area contributed by atoms with E-state index in [1.54, 1.807) is 6.20 Å². The number of hydrogen-bond acceptors (Lipinski definition) is 3. The van der Waals surface area contributed by atoms with Gasteiger partial charge in [0.1, 0.15) is 0 Å². The largest absolute Gasteiger partial charge is 0.355 e. The van der Waals surface area contributed by atoms with Gasteiger partial charge in [0.25, 0.3) is 0 Å². The summed E-state index contributed by atoms with van der Waals surface area (Å²) in [6.07, 6.45) is 6.12. The number of rotatable bonds is 1. The van der Waals surface area contributed by atoms with Crippen LogP contribution in [-0.2, 0) is 0 Å². The van der Waals surface area contributed by atoms with Gasteiger partial charge in [-0.1, -0.05) is 0 Å². The third kappa shape index (κ3) is 1.28. The number of anilines is 1. The van der Waals surface area contributed by atoms with Gasteiger partial charge < -0.3 is 10.6 Å². The Morgan fingerprint density at radius 3 is 3.08 bits per heavy atom. The van der Waals surface area contributed by atoms with Crippen LogP contribution in [0.2, 0.25) is 0 Å². The van der Waals surface area contributed by atoms with Crippen LogP contribution in [0.1, 0.15) is 12.8 Å². The van der Waals surface area contributed by atoms with Crippen LogP contribution in [0.4, 0.5) is 5.69 Å². The topological polar surface area (TPSA) is 42.1 Å². The number of nitrogens with two attached hydrogens (primary N) is 1. The van der Waals surface area contributed by atoms with E-state index < -0.39 is 0 Å². The number of nitrogens with zero attached hydrogens (tertiary/aromatic N) is 2. The lowest BCUT2D eigenvalue weighted by Crippen LogP contribution is -2.36. The van der Waals surface area contributed by atoms with Crippen molar-refractivity contribution in [2.45, 2.75) is 19.0 Å². The maximum absolute atomic E-state index is 5.91. The van der Waals surface area contributed by atoms with Crippen molar-refractivity contribution in [2.75, 3.05) is 11.4 Å². The highest BCUT2D eigenvalue weighted by Gasteiger charge is 2.20. The SMILES string of the molecule is NC1CCCN1c1cccnc1. The number of aromatic nitrogens is 1. The van der Waals surface area contributed by atoms with Crippen molar-refractivity contribution in [3.8, 4) is 0 Å². The maximum atomic E-state index is 5.91. The fourth-order valence-corrected chi connectivity index (χ4v) is 1.64. The van der Waals surface area contributed by atoms with Crippen LogP contribution in [0.25, 0.3) is 0 Å². The molecule has 1 aliphatic rings. The van der Waals surface area contributed by atoms with Gasteiger partial charge in [-0.05, 0) is 25.0 Å². The molecular weight excluding hydrogens is 150 g/mol. The lowest BCUT2D eigenvalue weighted by Gasteiger charge is -2.22. The zero-order valence-corrected chi connectivity index (χ0v) is 6.98. The molecule has 1 fully saturated rings. The average Bonchev–Trinajstić information content (AvgIpc) is 2.53. The molecule has 0 aromatic carbocycles. The van der Waals surface area contributed by atoms with Crippen molar-refractivity contribution in [1.29, 1.82) is 0 Å². The predicted molar refractivity (Wildman–Crippen MR) is 48.8 cm³/mol. The van der Waals surface area contributed by atoms with Gasteiger partial charge in [0.2, 0.25) is 0 Å². The van der Waals surface area contributed by atoms with Crippen molar-refractivity contribution in [3.63, 3.8) is 0 Å². The highest BCUT2D eigenvalue weighted by atomic mass is 15.2. The summed E-state index contributed by atoms with van der Waals surface area (Å²) in [6, 6.07) is 4.00. The molecule has 0 saturated carbocycles. The van der Waals surface area contributed by atoms with E-state index in [0.717, 1.165) is 18.7 Å². The van der Waals surface area contributed by atoms with E-state index in [9.17, 15) is 0 Å². The molecule has 1 saturated heterocycles. The summed E-state index contributed by atoms with van der Waals surface area (Å²) in [7, 11) is 0. The Hall–Kier alpha value is -1.09. The Labute approximate surface area is 72.2 Å². The van der Waals surface area contributed by atoms with E-state index in [4.69, 9.17) is 5.73 Å². The zero-order valence-electron chi connectivity index (χ0n) is 6.98. The number of hydrogen-bond donors (Lipinski definition) is 1. The van der Waals surface area contributed by atoms with Gasteiger partial charge in [0.05, 0.1) is 18.1 Å². The molecule has 1 unspecified atom stereocenters. The van der Waals surface area contributed by atoms with Crippen molar-refractivity contribution in [2.24, 2.45) is 5.73 Å². The first kappa shape index (κ1) is 7.55. The molecule has 1 aromatic rings. The Morgan fingerprint density at radius 1 is 1.58 bits per heavy atom. The van der Waals surface area contributed by atoms with Gasteiger partial charge in [-0.3, -0.25) is 4.98 Å². The van der Waals surface area contributed by atoms with Crippen molar-refractivity contribution < 1.29 is 0 Å². The first-order valence-electron chi connectivity index (χ1n) is 4.30. The highest BCUT2D eigenvalue weighted by molar-refractivity contribution is 5.45. The summed E-state index contributed by atoms with van der Waals surface area (Å²) < 4.78 is 0. The van der Waals surface area contributed by atoms with Crippen LogP contribution in [-0.4, -0.2) is 17.7 Å². The lowest BCUT2D eigenvalue weighted by atomic mass is 10.3. The monoisotopic (exact) mass is 163 g/mol. The van der Waals surface area contributed by atoms with Crippen LogP contribution >= 0.6 is 0 Å². The van der Waals surface area contributed by atoms with E-state index in [2.05, 4.69) is 16.0 Å². The molecule has 1 aromatic heterocycles. The molecule has 0 radical (unpaired) electrons. The second-order valence-corrected chi connectivity index (χ2v) is 3.11. The predicted octanol–water partition coefficient (Wildman–Crippen LogP) is 0.967. The molecule has 0 amide bonds. The minimum absolute atomic E-state index is 0.189. The molecule has 2 rings (SSSR count). The Balaban J connectivity index is 2.19. The van der Waals surface area contributed by atoms with Gasteiger partial charge in [0, 0.05) is 12.7 Å². The van der Waals surface area contributed by atoms with E-state index in [-0.39, 0.29) is 6.17 Å². The van der Waals surface area contributed by atoms with Gasteiger partial charge >= 0.3 is 0 Å². The number of pyridine rings is 1. The molecular formula is C9H13N3. The molecule has 12 heavy (non-hydrogen) atoms. The molecule has 2 heterocycles. The fraction of sp³-hybridized carbons (Fsp3) is 0.444. The average molecular weight is 163 g/mol. The molecule has 2 N–H and O–H groups in total. The van der Waals surface area contributed by atoms with Crippen LogP contribution < -0.4 is 10.6 Å². The second-order valence-electron chi connectivity index (χ2n) is 3.11. The zero-order chi connectivity index (χ0) is 8.39. The van der Waals surface area contributed by atoms with Crippen LogP contribution in [0.5, 0.6) is 0 Å². The third-order valence-corrected chi connectivity index (χ3v) is 2.28. The Bertz CT molecular complexity index is 247. The second kappa shape index (κ2) is 3.11. The van der Waals surface area contributed by atoms with Crippen LogP contribution in [0.3, 0.4) is 0 Å². The molecule has 64 valence electrons. The van der Waals surface area contributed by atoms with Crippen molar-refractivity contribution >= 4 is 5.69 Å².